The average Bonchev–Trinajstić information content (AvgIpc) is 2.74. The lowest BCUT2D eigenvalue weighted by Gasteiger charge is -2.11. The van der Waals surface area contributed by atoms with Crippen LogP contribution >= 0.6 is 23.2 Å². The van der Waals surface area contributed by atoms with Gasteiger partial charge in [0.15, 0.2) is 11.5 Å². The molecule has 0 aliphatic rings. The van der Waals surface area contributed by atoms with E-state index >= 15 is 0 Å². The van der Waals surface area contributed by atoms with E-state index in [1.807, 2.05) is 61.5 Å². The molecule has 0 atom stereocenters. The molecule has 4 nitrogen and oxygen atoms in total. The fourth-order valence-electron chi connectivity index (χ4n) is 2.68. The second-order valence-corrected chi connectivity index (χ2v) is 7.46. The van der Waals surface area contributed by atoms with Crippen LogP contribution in [0.15, 0.2) is 66.7 Å². The number of ether oxygens (including phenoxy) is 2. The summed E-state index contributed by atoms with van der Waals surface area (Å²) in [5, 5.41) is 4.08. The number of hydrogen-bond acceptors (Lipinski definition) is 3. The molecule has 0 aliphatic heterocycles. The first-order valence-electron chi connectivity index (χ1n) is 9.25. The Hall–Kier alpha value is -2.95. The van der Waals surface area contributed by atoms with Gasteiger partial charge in [-0.25, -0.2) is 0 Å². The molecule has 6 heteroatoms. The molecule has 0 saturated heterocycles. The Balaban J connectivity index is 1.63. The minimum Gasteiger partial charge on any atom is -0.493 e. The Kier molecular flexibility index (Phi) is 7.39. The van der Waals surface area contributed by atoms with Gasteiger partial charge in [-0.05, 0) is 66.1 Å². The normalized spacial score (nSPS) is 10.8. The molecular weight excluding hydrogens is 421 g/mol. The van der Waals surface area contributed by atoms with Crippen LogP contribution in [-0.4, -0.2) is 13.0 Å². The number of halogens is 2. The van der Waals surface area contributed by atoms with Crippen molar-refractivity contribution < 1.29 is 14.3 Å². The van der Waals surface area contributed by atoms with Gasteiger partial charge in [0, 0.05) is 21.8 Å². The van der Waals surface area contributed by atoms with Crippen molar-refractivity contribution in [2.24, 2.45) is 0 Å². The topological polar surface area (TPSA) is 47.6 Å². The summed E-state index contributed by atoms with van der Waals surface area (Å²) in [7, 11) is 1.58. The minimum absolute atomic E-state index is 0.253. The lowest BCUT2D eigenvalue weighted by atomic mass is 10.1. The number of hydrogen-bond donors (Lipinski definition) is 1. The number of aryl methyl sites for hydroxylation is 1. The molecule has 1 N–H and O–H groups in total. The maximum Gasteiger partial charge on any atom is 0.248 e. The van der Waals surface area contributed by atoms with Gasteiger partial charge in [0.1, 0.15) is 6.61 Å². The van der Waals surface area contributed by atoms with Gasteiger partial charge in [-0.3, -0.25) is 4.79 Å². The van der Waals surface area contributed by atoms with Crippen LogP contribution < -0.4 is 14.8 Å². The molecule has 0 unspecified atom stereocenters. The summed E-state index contributed by atoms with van der Waals surface area (Å²) in [6.45, 7) is 2.30. The Morgan fingerprint density at radius 3 is 2.47 bits per heavy atom. The lowest BCUT2D eigenvalue weighted by molar-refractivity contribution is -0.111. The van der Waals surface area contributed by atoms with Crippen LogP contribution in [0.25, 0.3) is 6.08 Å². The monoisotopic (exact) mass is 441 g/mol. The summed E-state index contributed by atoms with van der Waals surface area (Å²) in [5.41, 5.74) is 3.40. The summed E-state index contributed by atoms with van der Waals surface area (Å²) >= 11 is 12.0. The van der Waals surface area contributed by atoms with Crippen LogP contribution in [0.4, 0.5) is 5.69 Å². The first-order valence-corrected chi connectivity index (χ1v) is 10.0. The Morgan fingerprint density at radius 2 is 1.77 bits per heavy atom. The third-order valence-corrected chi connectivity index (χ3v) is 5.02. The van der Waals surface area contributed by atoms with Crippen molar-refractivity contribution in [1.82, 2.24) is 0 Å². The highest BCUT2D eigenvalue weighted by atomic mass is 35.5. The highest BCUT2D eigenvalue weighted by Crippen LogP contribution is 2.29. The van der Waals surface area contributed by atoms with Crippen molar-refractivity contribution >= 4 is 40.9 Å². The maximum atomic E-state index is 12.2. The zero-order valence-electron chi connectivity index (χ0n) is 16.6. The van der Waals surface area contributed by atoms with Crippen molar-refractivity contribution in [3.05, 3.63) is 93.5 Å². The summed E-state index contributed by atoms with van der Waals surface area (Å²) in [4.78, 5) is 12.2. The van der Waals surface area contributed by atoms with Crippen LogP contribution in [0.1, 0.15) is 16.7 Å². The van der Waals surface area contributed by atoms with E-state index in [1.165, 1.54) is 6.08 Å². The van der Waals surface area contributed by atoms with Crippen LogP contribution in [-0.2, 0) is 11.4 Å². The molecule has 30 heavy (non-hydrogen) atoms. The molecule has 0 aromatic heterocycles. The van der Waals surface area contributed by atoms with Crippen LogP contribution in [0, 0.1) is 6.92 Å². The second-order valence-electron chi connectivity index (χ2n) is 6.61. The molecule has 0 aliphatic carbocycles. The third kappa shape index (κ3) is 6.02. The zero-order chi connectivity index (χ0) is 21.5. The number of rotatable bonds is 7. The minimum atomic E-state index is -0.253. The molecule has 1 amide bonds. The lowest BCUT2D eigenvalue weighted by Crippen LogP contribution is -2.07. The van der Waals surface area contributed by atoms with Crippen LogP contribution in [0.3, 0.4) is 0 Å². The molecule has 3 aromatic rings. The highest BCUT2D eigenvalue weighted by Gasteiger charge is 2.06. The molecule has 0 heterocycles. The predicted octanol–water partition coefficient (Wildman–Crippen LogP) is 6.54. The smallest absolute Gasteiger partial charge is 0.248 e. The van der Waals surface area contributed by atoms with E-state index in [-0.39, 0.29) is 5.91 Å². The van der Waals surface area contributed by atoms with E-state index in [1.54, 1.807) is 19.3 Å². The molecule has 0 fully saturated rings. The summed E-state index contributed by atoms with van der Waals surface area (Å²) in [6, 6.07) is 18.3. The van der Waals surface area contributed by atoms with E-state index in [0.717, 1.165) is 16.7 Å². The van der Waals surface area contributed by atoms with Gasteiger partial charge in [-0.2, -0.15) is 0 Å². The molecule has 3 aromatic carbocycles. The van der Waals surface area contributed by atoms with Crippen molar-refractivity contribution in [3.8, 4) is 11.5 Å². The Labute approximate surface area is 186 Å². The summed E-state index contributed by atoms with van der Waals surface area (Å²) in [6.07, 6.45) is 3.16. The van der Waals surface area contributed by atoms with Crippen molar-refractivity contribution in [1.29, 1.82) is 0 Å². The fourth-order valence-corrected chi connectivity index (χ4v) is 2.98. The van der Waals surface area contributed by atoms with E-state index in [0.29, 0.717) is 33.8 Å². The van der Waals surface area contributed by atoms with E-state index in [4.69, 9.17) is 32.7 Å². The first kappa shape index (κ1) is 21.8. The molecule has 0 saturated carbocycles. The Bertz CT molecular complexity index is 1060. The number of amides is 1. The molecule has 0 spiro atoms. The fraction of sp³-hybridized carbons (Fsp3) is 0.125. The van der Waals surface area contributed by atoms with E-state index < -0.39 is 0 Å². The number of nitrogens with one attached hydrogen (secondary N) is 1. The molecule has 154 valence electrons. The first-order chi connectivity index (χ1) is 14.4. The van der Waals surface area contributed by atoms with Gasteiger partial charge in [0.2, 0.25) is 5.91 Å². The van der Waals surface area contributed by atoms with Gasteiger partial charge < -0.3 is 14.8 Å². The van der Waals surface area contributed by atoms with Gasteiger partial charge in [0.25, 0.3) is 0 Å². The van der Waals surface area contributed by atoms with Crippen LogP contribution in [0.5, 0.6) is 11.5 Å². The molecule has 3 rings (SSSR count). The number of anilines is 1. The standard InChI is InChI=1S/C24H21Cl2NO3/c1-16-3-10-20(14-21(16)26)27-24(28)12-7-17-6-11-22(23(13-17)29-2)30-15-18-4-8-19(25)9-5-18/h3-14H,15H2,1-2H3,(H,27,28). The quantitative estimate of drug-likeness (QED) is 0.423. The average molecular weight is 442 g/mol. The molecular formula is C24H21Cl2NO3. The number of carbonyl (C=O) groups is 1. The molecule has 0 radical (unpaired) electrons. The number of methoxy groups -OCH3 is 1. The van der Waals surface area contributed by atoms with E-state index in [9.17, 15) is 4.79 Å². The number of carbonyl (C=O) groups excluding carboxylic acids is 1. The van der Waals surface area contributed by atoms with Gasteiger partial charge in [-0.1, -0.05) is 47.5 Å². The van der Waals surface area contributed by atoms with Crippen molar-refractivity contribution in [3.63, 3.8) is 0 Å². The second kappa shape index (κ2) is 10.2. The third-order valence-electron chi connectivity index (χ3n) is 4.36. The highest BCUT2D eigenvalue weighted by molar-refractivity contribution is 6.31. The van der Waals surface area contributed by atoms with Gasteiger partial charge in [0.05, 0.1) is 7.11 Å². The zero-order valence-corrected chi connectivity index (χ0v) is 18.1. The van der Waals surface area contributed by atoms with Gasteiger partial charge >= 0.3 is 0 Å². The maximum absolute atomic E-state index is 12.2. The Morgan fingerprint density at radius 1 is 1.00 bits per heavy atom. The van der Waals surface area contributed by atoms with Crippen molar-refractivity contribution in [2.45, 2.75) is 13.5 Å². The molecule has 0 bridgehead atoms. The predicted molar refractivity (Wildman–Crippen MR) is 123 cm³/mol. The SMILES string of the molecule is COc1cc(C=CC(=O)Nc2ccc(C)c(Cl)c2)ccc1OCc1ccc(Cl)cc1. The van der Waals surface area contributed by atoms with E-state index in [2.05, 4.69) is 5.32 Å². The van der Waals surface area contributed by atoms with Crippen molar-refractivity contribution in [2.75, 3.05) is 12.4 Å². The summed E-state index contributed by atoms with van der Waals surface area (Å²) < 4.78 is 11.3. The van der Waals surface area contributed by atoms with Crippen LogP contribution in [0.2, 0.25) is 10.0 Å². The number of benzene rings is 3. The van der Waals surface area contributed by atoms with Gasteiger partial charge in [-0.15, -0.1) is 0 Å². The summed E-state index contributed by atoms with van der Waals surface area (Å²) in [5.74, 6) is 0.942. The largest absolute Gasteiger partial charge is 0.493 e.